The lowest BCUT2D eigenvalue weighted by atomic mass is 10.0. The summed E-state index contributed by atoms with van der Waals surface area (Å²) in [5, 5.41) is 0. The minimum Gasteiger partial charge on any atom is -0.480 e. The predicted molar refractivity (Wildman–Crippen MR) is 126 cm³/mol. The van der Waals surface area contributed by atoms with Crippen LogP contribution in [0, 0.1) is 13.8 Å². The minimum absolute atomic E-state index is 0.172. The first-order chi connectivity index (χ1) is 14.9. The Labute approximate surface area is 184 Å². The Kier molecular flexibility index (Phi) is 5.77. The Balaban J connectivity index is 1.87. The Hall–Kier alpha value is -3.21. The summed E-state index contributed by atoms with van der Waals surface area (Å²) >= 11 is 0. The number of nitrogens with zero attached hydrogens (tertiary/aromatic N) is 4. The second-order valence-corrected chi connectivity index (χ2v) is 8.37. The minimum atomic E-state index is 0.172. The van der Waals surface area contributed by atoms with E-state index in [1.807, 2.05) is 18.3 Å². The summed E-state index contributed by atoms with van der Waals surface area (Å²) in [5.41, 5.74) is 8.30. The van der Waals surface area contributed by atoms with Crippen LogP contribution >= 0.6 is 0 Å². The molecule has 4 aromatic rings. The van der Waals surface area contributed by atoms with Crippen LogP contribution in [0.15, 0.2) is 48.8 Å². The van der Waals surface area contributed by atoms with Crippen LogP contribution in [0.2, 0.25) is 0 Å². The topological polar surface area (TPSA) is 52.8 Å². The standard InChI is InChI=1S/C26H30N4O/c1-7-22(21-10-8-9-13-27-21)30-15-18(5)25-23(30)14-17(4)24(29-25)19-11-12-20(16(2)3)28-26(19)31-6/h8-16,22H,7H2,1-6H3. The molecule has 5 heteroatoms. The van der Waals surface area contributed by atoms with E-state index < -0.39 is 0 Å². The molecule has 4 heterocycles. The maximum Gasteiger partial charge on any atom is 0.222 e. The lowest BCUT2D eigenvalue weighted by Gasteiger charge is -2.18. The molecule has 0 N–H and O–H groups in total. The van der Waals surface area contributed by atoms with Crippen LogP contribution in [0.3, 0.4) is 0 Å². The molecule has 0 amide bonds. The van der Waals surface area contributed by atoms with Gasteiger partial charge in [-0.3, -0.25) is 4.98 Å². The van der Waals surface area contributed by atoms with Crippen molar-refractivity contribution in [3.05, 3.63) is 71.3 Å². The van der Waals surface area contributed by atoms with Gasteiger partial charge >= 0.3 is 0 Å². The van der Waals surface area contributed by atoms with Gasteiger partial charge in [0.05, 0.1) is 41.1 Å². The van der Waals surface area contributed by atoms with E-state index in [2.05, 4.69) is 74.6 Å². The van der Waals surface area contributed by atoms with E-state index in [-0.39, 0.29) is 6.04 Å². The lowest BCUT2D eigenvalue weighted by molar-refractivity contribution is 0.397. The quantitative estimate of drug-likeness (QED) is 0.375. The summed E-state index contributed by atoms with van der Waals surface area (Å²) in [7, 11) is 1.67. The van der Waals surface area contributed by atoms with Gasteiger partial charge < -0.3 is 9.30 Å². The summed E-state index contributed by atoms with van der Waals surface area (Å²) < 4.78 is 7.96. The zero-order chi connectivity index (χ0) is 22.1. The number of hydrogen-bond donors (Lipinski definition) is 0. The van der Waals surface area contributed by atoms with E-state index in [1.54, 1.807) is 7.11 Å². The van der Waals surface area contributed by atoms with Crippen LogP contribution in [0.25, 0.3) is 22.3 Å². The van der Waals surface area contributed by atoms with Gasteiger partial charge in [-0.05, 0) is 67.6 Å². The summed E-state index contributed by atoms with van der Waals surface area (Å²) in [5.74, 6) is 0.964. The summed E-state index contributed by atoms with van der Waals surface area (Å²) in [4.78, 5) is 14.4. The number of aryl methyl sites for hydroxylation is 2. The Bertz CT molecular complexity index is 1210. The molecule has 4 aromatic heterocycles. The second kappa shape index (κ2) is 8.50. The van der Waals surface area contributed by atoms with Crippen molar-refractivity contribution in [1.82, 2.24) is 19.5 Å². The highest BCUT2D eigenvalue weighted by molar-refractivity contribution is 5.85. The fourth-order valence-electron chi connectivity index (χ4n) is 4.19. The van der Waals surface area contributed by atoms with E-state index in [9.17, 15) is 0 Å². The molecular formula is C26H30N4O. The number of fused-ring (bicyclic) bond motifs is 1. The first-order valence-electron chi connectivity index (χ1n) is 10.9. The smallest absolute Gasteiger partial charge is 0.222 e. The highest BCUT2D eigenvalue weighted by Crippen LogP contribution is 2.35. The molecule has 0 bridgehead atoms. The number of pyridine rings is 3. The zero-order valence-corrected chi connectivity index (χ0v) is 19.2. The predicted octanol–water partition coefficient (Wildman–Crippen LogP) is 6.24. The van der Waals surface area contributed by atoms with Crippen molar-refractivity contribution in [2.24, 2.45) is 0 Å². The maximum atomic E-state index is 5.64. The summed E-state index contributed by atoms with van der Waals surface area (Å²) in [6.07, 6.45) is 5.01. The SMILES string of the molecule is CCC(c1ccccn1)n1cc(C)c2nc(-c3ccc(C(C)C)nc3OC)c(C)cc21. The highest BCUT2D eigenvalue weighted by atomic mass is 16.5. The van der Waals surface area contributed by atoms with E-state index >= 15 is 0 Å². The zero-order valence-electron chi connectivity index (χ0n) is 19.2. The van der Waals surface area contributed by atoms with Crippen molar-refractivity contribution in [1.29, 1.82) is 0 Å². The summed E-state index contributed by atoms with van der Waals surface area (Å²) in [6.45, 7) is 10.7. The second-order valence-electron chi connectivity index (χ2n) is 8.37. The molecule has 31 heavy (non-hydrogen) atoms. The molecule has 160 valence electrons. The van der Waals surface area contributed by atoms with Crippen LogP contribution in [0.4, 0.5) is 0 Å². The van der Waals surface area contributed by atoms with Crippen LogP contribution in [0.1, 0.15) is 61.7 Å². The van der Waals surface area contributed by atoms with Gasteiger partial charge in [-0.2, -0.15) is 0 Å². The molecule has 0 saturated heterocycles. The molecule has 0 aliphatic rings. The third kappa shape index (κ3) is 3.80. The number of methoxy groups -OCH3 is 1. The normalized spacial score (nSPS) is 12.5. The van der Waals surface area contributed by atoms with Crippen LogP contribution < -0.4 is 4.74 Å². The Morgan fingerprint density at radius 3 is 2.45 bits per heavy atom. The molecule has 1 atom stereocenters. The largest absolute Gasteiger partial charge is 0.480 e. The number of ether oxygens (including phenoxy) is 1. The molecule has 0 saturated carbocycles. The van der Waals surface area contributed by atoms with Crippen molar-refractivity contribution in [3.63, 3.8) is 0 Å². The first kappa shape index (κ1) is 21.0. The number of rotatable bonds is 6. The molecule has 0 radical (unpaired) electrons. The van der Waals surface area contributed by atoms with E-state index in [4.69, 9.17) is 14.7 Å². The number of aromatic nitrogens is 4. The molecule has 1 unspecified atom stereocenters. The molecule has 5 nitrogen and oxygen atoms in total. The van der Waals surface area contributed by atoms with Crippen molar-refractivity contribution < 1.29 is 4.74 Å². The first-order valence-corrected chi connectivity index (χ1v) is 10.9. The van der Waals surface area contributed by atoms with Gasteiger partial charge in [-0.15, -0.1) is 0 Å². The molecule has 0 fully saturated rings. The molecule has 0 aromatic carbocycles. The maximum absolute atomic E-state index is 5.64. The van der Waals surface area contributed by atoms with Crippen molar-refractivity contribution in [2.45, 2.75) is 53.0 Å². The molecule has 0 aliphatic heterocycles. The van der Waals surface area contributed by atoms with Gasteiger partial charge in [-0.25, -0.2) is 9.97 Å². The van der Waals surface area contributed by atoms with E-state index in [1.165, 1.54) is 0 Å². The molecular weight excluding hydrogens is 384 g/mol. The average molecular weight is 415 g/mol. The Morgan fingerprint density at radius 1 is 1.00 bits per heavy atom. The fraction of sp³-hybridized carbons (Fsp3) is 0.346. The number of hydrogen-bond acceptors (Lipinski definition) is 4. The van der Waals surface area contributed by atoms with Gasteiger partial charge in [0.2, 0.25) is 5.88 Å². The third-order valence-corrected chi connectivity index (χ3v) is 5.85. The van der Waals surface area contributed by atoms with Gasteiger partial charge in [0.15, 0.2) is 0 Å². The molecule has 0 spiro atoms. The fourth-order valence-corrected chi connectivity index (χ4v) is 4.19. The van der Waals surface area contributed by atoms with Crippen molar-refractivity contribution in [3.8, 4) is 17.1 Å². The third-order valence-electron chi connectivity index (χ3n) is 5.85. The summed E-state index contributed by atoms with van der Waals surface area (Å²) in [6, 6.07) is 12.6. The average Bonchev–Trinajstić information content (AvgIpc) is 3.09. The molecule has 4 rings (SSSR count). The monoisotopic (exact) mass is 414 g/mol. The van der Waals surface area contributed by atoms with E-state index in [0.717, 1.165) is 51.2 Å². The van der Waals surface area contributed by atoms with Crippen LogP contribution in [0.5, 0.6) is 5.88 Å². The van der Waals surface area contributed by atoms with Crippen molar-refractivity contribution in [2.75, 3.05) is 7.11 Å². The van der Waals surface area contributed by atoms with Gasteiger partial charge in [0.25, 0.3) is 0 Å². The molecule has 0 aliphatic carbocycles. The van der Waals surface area contributed by atoms with Gasteiger partial charge in [0.1, 0.15) is 0 Å². The van der Waals surface area contributed by atoms with Gasteiger partial charge in [-0.1, -0.05) is 26.8 Å². The van der Waals surface area contributed by atoms with Crippen LogP contribution in [-0.4, -0.2) is 26.6 Å². The van der Waals surface area contributed by atoms with E-state index in [0.29, 0.717) is 11.8 Å². The lowest BCUT2D eigenvalue weighted by Crippen LogP contribution is -2.10. The van der Waals surface area contributed by atoms with Crippen molar-refractivity contribution >= 4 is 11.0 Å². The van der Waals surface area contributed by atoms with Gasteiger partial charge in [0, 0.05) is 18.1 Å². The van der Waals surface area contributed by atoms with Crippen LogP contribution in [-0.2, 0) is 0 Å². The highest BCUT2D eigenvalue weighted by Gasteiger charge is 2.20. The Morgan fingerprint density at radius 2 is 1.81 bits per heavy atom.